The molecule has 1 aromatic heterocycles. The largest absolute Gasteiger partial charge is 0.496 e. The SMILES string of the molecule is COc1ccccc1[C@@H](C)NCc1cccnc1C#N. The van der Waals surface area contributed by atoms with Gasteiger partial charge in [0.2, 0.25) is 0 Å². The number of nitriles is 1. The number of pyridine rings is 1. The minimum absolute atomic E-state index is 0.123. The molecule has 1 aromatic carbocycles. The average molecular weight is 267 g/mol. The molecule has 0 radical (unpaired) electrons. The van der Waals surface area contributed by atoms with Gasteiger partial charge in [-0.15, -0.1) is 0 Å². The van der Waals surface area contributed by atoms with Crippen LogP contribution in [0.3, 0.4) is 0 Å². The standard InChI is InChI=1S/C16H17N3O/c1-12(14-7-3-4-8-16(14)20-2)19-11-13-6-5-9-18-15(13)10-17/h3-9,12,19H,11H2,1-2H3/t12-/m1/s1. The maximum absolute atomic E-state index is 9.02. The first-order valence-electron chi connectivity index (χ1n) is 6.46. The molecule has 4 heteroatoms. The Morgan fingerprint density at radius 1 is 1.30 bits per heavy atom. The van der Waals surface area contributed by atoms with E-state index < -0.39 is 0 Å². The second-order valence-corrected chi connectivity index (χ2v) is 4.47. The van der Waals surface area contributed by atoms with E-state index in [1.165, 1.54) is 0 Å². The number of nitrogens with one attached hydrogen (secondary N) is 1. The summed E-state index contributed by atoms with van der Waals surface area (Å²) < 4.78 is 5.36. The Bertz CT molecular complexity index is 619. The van der Waals surface area contributed by atoms with Crippen LogP contribution in [0.1, 0.15) is 29.8 Å². The van der Waals surface area contributed by atoms with Crippen LogP contribution in [0.2, 0.25) is 0 Å². The van der Waals surface area contributed by atoms with Crippen LogP contribution >= 0.6 is 0 Å². The maximum Gasteiger partial charge on any atom is 0.144 e. The van der Waals surface area contributed by atoms with Crippen molar-refractivity contribution in [3.8, 4) is 11.8 Å². The topological polar surface area (TPSA) is 57.9 Å². The van der Waals surface area contributed by atoms with Gasteiger partial charge in [-0.25, -0.2) is 4.98 Å². The van der Waals surface area contributed by atoms with Crippen molar-refractivity contribution in [3.05, 3.63) is 59.4 Å². The molecule has 0 saturated carbocycles. The quantitative estimate of drug-likeness (QED) is 0.905. The lowest BCUT2D eigenvalue weighted by molar-refractivity contribution is 0.401. The minimum Gasteiger partial charge on any atom is -0.496 e. The van der Waals surface area contributed by atoms with Crippen LogP contribution in [-0.2, 0) is 6.54 Å². The van der Waals surface area contributed by atoms with Gasteiger partial charge in [-0.3, -0.25) is 0 Å². The molecule has 0 unspecified atom stereocenters. The van der Waals surface area contributed by atoms with E-state index in [9.17, 15) is 0 Å². The molecule has 20 heavy (non-hydrogen) atoms. The van der Waals surface area contributed by atoms with Gasteiger partial charge in [0.1, 0.15) is 17.5 Å². The molecule has 4 nitrogen and oxygen atoms in total. The lowest BCUT2D eigenvalue weighted by Gasteiger charge is -2.17. The highest BCUT2D eigenvalue weighted by Gasteiger charge is 2.11. The first-order valence-corrected chi connectivity index (χ1v) is 6.46. The highest BCUT2D eigenvalue weighted by Crippen LogP contribution is 2.24. The third-order valence-electron chi connectivity index (χ3n) is 3.20. The van der Waals surface area contributed by atoms with Gasteiger partial charge in [-0.1, -0.05) is 24.3 Å². The van der Waals surface area contributed by atoms with Crippen LogP contribution < -0.4 is 10.1 Å². The highest BCUT2D eigenvalue weighted by atomic mass is 16.5. The molecular weight excluding hydrogens is 250 g/mol. The molecule has 0 amide bonds. The Labute approximate surface area is 119 Å². The lowest BCUT2D eigenvalue weighted by Crippen LogP contribution is -2.19. The second-order valence-electron chi connectivity index (χ2n) is 4.47. The fraction of sp³-hybridized carbons (Fsp3) is 0.250. The van der Waals surface area contributed by atoms with E-state index in [0.717, 1.165) is 16.9 Å². The van der Waals surface area contributed by atoms with Crippen molar-refractivity contribution in [3.63, 3.8) is 0 Å². The summed E-state index contributed by atoms with van der Waals surface area (Å²) >= 11 is 0. The summed E-state index contributed by atoms with van der Waals surface area (Å²) in [6.45, 7) is 2.66. The van der Waals surface area contributed by atoms with Gasteiger partial charge < -0.3 is 10.1 Å². The number of hydrogen-bond donors (Lipinski definition) is 1. The fourth-order valence-corrected chi connectivity index (χ4v) is 2.08. The number of benzene rings is 1. The Balaban J connectivity index is 2.09. The third-order valence-corrected chi connectivity index (χ3v) is 3.20. The monoisotopic (exact) mass is 267 g/mol. The molecule has 0 saturated heterocycles. The molecule has 102 valence electrons. The first kappa shape index (κ1) is 14.0. The van der Waals surface area contributed by atoms with Crippen molar-refractivity contribution in [2.24, 2.45) is 0 Å². The van der Waals surface area contributed by atoms with E-state index in [4.69, 9.17) is 10.00 Å². The number of para-hydroxylation sites is 1. The molecule has 2 rings (SSSR count). The van der Waals surface area contributed by atoms with Crippen molar-refractivity contribution in [1.29, 1.82) is 5.26 Å². The zero-order chi connectivity index (χ0) is 14.4. The molecule has 0 fully saturated rings. The van der Waals surface area contributed by atoms with Crippen LogP contribution in [0.15, 0.2) is 42.6 Å². The van der Waals surface area contributed by atoms with Crippen LogP contribution in [0.5, 0.6) is 5.75 Å². The molecule has 2 aromatic rings. The normalized spacial score (nSPS) is 11.7. The molecule has 1 atom stereocenters. The van der Waals surface area contributed by atoms with E-state index in [1.54, 1.807) is 13.3 Å². The second kappa shape index (κ2) is 6.69. The van der Waals surface area contributed by atoms with Crippen molar-refractivity contribution in [1.82, 2.24) is 10.3 Å². The zero-order valence-corrected chi connectivity index (χ0v) is 11.6. The van der Waals surface area contributed by atoms with Gasteiger partial charge in [0, 0.05) is 29.9 Å². The van der Waals surface area contributed by atoms with E-state index in [1.807, 2.05) is 36.4 Å². The summed E-state index contributed by atoms with van der Waals surface area (Å²) in [7, 11) is 1.67. The van der Waals surface area contributed by atoms with E-state index in [-0.39, 0.29) is 6.04 Å². The Kier molecular flexibility index (Phi) is 4.70. The Morgan fingerprint density at radius 3 is 2.85 bits per heavy atom. The van der Waals surface area contributed by atoms with Gasteiger partial charge in [-0.2, -0.15) is 5.26 Å². The molecule has 0 aliphatic heterocycles. The average Bonchev–Trinajstić information content (AvgIpc) is 2.52. The van der Waals surface area contributed by atoms with Gasteiger partial charge in [0.05, 0.1) is 7.11 Å². The van der Waals surface area contributed by atoms with Gasteiger partial charge in [0.25, 0.3) is 0 Å². The van der Waals surface area contributed by atoms with Crippen LogP contribution in [0.25, 0.3) is 0 Å². The van der Waals surface area contributed by atoms with Gasteiger partial charge in [-0.05, 0) is 19.1 Å². The van der Waals surface area contributed by atoms with Crippen molar-refractivity contribution < 1.29 is 4.74 Å². The number of hydrogen-bond acceptors (Lipinski definition) is 4. The molecule has 0 bridgehead atoms. The molecule has 1 N–H and O–H groups in total. The zero-order valence-electron chi connectivity index (χ0n) is 11.6. The highest BCUT2D eigenvalue weighted by molar-refractivity contribution is 5.36. The van der Waals surface area contributed by atoms with Crippen LogP contribution in [-0.4, -0.2) is 12.1 Å². The first-order chi connectivity index (χ1) is 9.76. The molecule has 1 heterocycles. The molecular formula is C16H17N3O. The number of rotatable bonds is 5. The summed E-state index contributed by atoms with van der Waals surface area (Å²) in [6.07, 6.45) is 1.63. The van der Waals surface area contributed by atoms with Crippen molar-refractivity contribution >= 4 is 0 Å². The summed E-state index contributed by atoms with van der Waals surface area (Å²) in [5.41, 5.74) is 2.46. The van der Waals surface area contributed by atoms with Gasteiger partial charge in [0.15, 0.2) is 0 Å². The van der Waals surface area contributed by atoms with E-state index in [2.05, 4.69) is 23.3 Å². The fourth-order valence-electron chi connectivity index (χ4n) is 2.08. The molecule has 0 spiro atoms. The minimum atomic E-state index is 0.123. The third kappa shape index (κ3) is 3.14. The lowest BCUT2D eigenvalue weighted by atomic mass is 10.1. The number of nitrogens with zero attached hydrogens (tertiary/aromatic N) is 2. The summed E-state index contributed by atoms with van der Waals surface area (Å²) in [5, 5.41) is 12.4. The predicted octanol–water partition coefficient (Wildman–Crippen LogP) is 2.81. The van der Waals surface area contributed by atoms with Crippen molar-refractivity contribution in [2.45, 2.75) is 19.5 Å². The molecule has 0 aliphatic carbocycles. The van der Waals surface area contributed by atoms with Crippen LogP contribution in [0.4, 0.5) is 0 Å². The number of methoxy groups -OCH3 is 1. The van der Waals surface area contributed by atoms with E-state index in [0.29, 0.717) is 12.2 Å². The maximum atomic E-state index is 9.02. The summed E-state index contributed by atoms with van der Waals surface area (Å²) in [4.78, 5) is 4.06. The van der Waals surface area contributed by atoms with Gasteiger partial charge >= 0.3 is 0 Å². The Morgan fingerprint density at radius 2 is 2.10 bits per heavy atom. The summed E-state index contributed by atoms with van der Waals surface area (Å²) in [5.74, 6) is 0.860. The smallest absolute Gasteiger partial charge is 0.144 e. The van der Waals surface area contributed by atoms with Crippen LogP contribution in [0, 0.1) is 11.3 Å². The predicted molar refractivity (Wildman–Crippen MR) is 77.2 cm³/mol. The van der Waals surface area contributed by atoms with Crippen molar-refractivity contribution in [2.75, 3.05) is 7.11 Å². The number of aromatic nitrogens is 1. The summed E-state index contributed by atoms with van der Waals surface area (Å²) in [6, 6.07) is 13.9. The molecule has 0 aliphatic rings. The number of ether oxygens (including phenoxy) is 1. The Hall–Kier alpha value is -2.38. The van der Waals surface area contributed by atoms with E-state index >= 15 is 0 Å².